The second-order valence-electron chi connectivity index (χ2n) is 6.58. The average molecular weight is 408 g/mol. The molecule has 1 aliphatic heterocycles. The molecule has 6 nitrogen and oxygen atoms in total. The number of anilines is 1. The molecule has 0 unspecified atom stereocenters. The number of benzene rings is 2. The molecule has 0 bridgehead atoms. The van der Waals surface area contributed by atoms with Gasteiger partial charge in [-0.15, -0.1) is 0 Å². The predicted molar refractivity (Wildman–Crippen MR) is 106 cm³/mol. The van der Waals surface area contributed by atoms with E-state index in [9.17, 15) is 14.9 Å². The molecule has 1 saturated heterocycles. The number of hydrogen-bond acceptors (Lipinski definition) is 4. The molecule has 3 rings (SSSR count). The van der Waals surface area contributed by atoms with Crippen molar-refractivity contribution in [1.29, 1.82) is 0 Å². The second kappa shape index (κ2) is 8.69. The molecule has 0 saturated carbocycles. The number of nitro benzene ring substituents is 1. The van der Waals surface area contributed by atoms with Crippen molar-refractivity contribution >= 4 is 40.5 Å². The van der Waals surface area contributed by atoms with Crippen LogP contribution in [0.15, 0.2) is 42.5 Å². The maximum absolute atomic E-state index is 12.7. The highest BCUT2D eigenvalue weighted by Gasteiger charge is 2.27. The minimum absolute atomic E-state index is 0.112. The van der Waals surface area contributed by atoms with Crippen molar-refractivity contribution in [1.82, 2.24) is 4.90 Å². The SMILES string of the molecule is O=C(Nc1cc([N+](=O)[O-])ccc1Cl)[C@H]1CCCN(Cc2ccccc2Cl)C1. The third-order valence-corrected chi connectivity index (χ3v) is 5.35. The van der Waals surface area contributed by atoms with E-state index in [0.29, 0.717) is 18.1 Å². The summed E-state index contributed by atoms with van der Waals surface area (Å²) in [6, 6.07) is 11.7. The summed E-state index contributed by atoms with van der Waals surface area (Å²) in [5, 5.41) is 14.7. The molecular weight excluding hydrogens is 389 g/mol. The molecule has 0 radical (unpaired) electrons. The molecule has 142 valence electrons. The number of carbonyl (C=O) groups is 1. The number of likely N-dealkylation sites (tertiary alicyclic amines) is 1. The van der Waals surface area contributed by atoms with E-state index in [4.69, 9.17) is 23.2 Å². The first-order valence-electron chi connectivity index (χ1n) is 8.64. The Morgan fingerprint density at radius 2 is 2.00 bits per heavy atom. The fourth-order valence-corrected chi connectivity index (χ4v) is 3.60. The number of nitrogens with zero attached hydrogens (tertiary/aromatic N) is 2. The van der Waals surface area contributed by atoms with Gasteiger partial charge in [-0.3, -0.25) is 19.8 Å². The predicted octanol–water partition coefficient (Wildman–Crippen LogP) is 4.75. The van der Waals surface area contributed by atoms with Crippen molar-refractivity contribution in [2.24, 2.45) is 5.92 Å². The van der Waals surface area contributed by atoms with Crippen LogP contribution in [0.5, 0.6) is 0 Å². The van der Waals surface area contributed by atoms with Crippen LogP contribution in [0.25, 0.3) is 0 Å². The molecule has 2 aromatic carbocycles. The first-order chi connectivity index (χ1) is 12.9. The quantitative estimate of drug-likeness (QED) is 0.572. The van der Waals surface area contributed by atoms with Gasteiger partial charge in [0, 0.05) is 30.2 Å². The highest BCUT2D eigenvalue weighted by atomic mass is 35.5. The summed E-state index contributed by atoms with van der Waals surface area (Å²) >= 11 is 12.3. The van der Waals surface area contributed by atoms with Gasteiger partial charge in [-0.25, -0.2) is 0 Å². The highest BCUT2D eigenvalue weighted by molar-refractivity contribution is 6.33. The topological polar surface area (TPSA) is 75.5 Å². The fraction of sp³-hybridized carbons (Fsp3) is 0.316. The van der Waals surface area contributed by atoms with Gasteiger partial charge in [0.1, 0.15) is 0 Å². The zero-order valence-corrected chi connectivity index (χ0v) is 16.0. The van der Waals surface area contributed by atoms with E-state index in [1.54, 1.807) is 0 Å². The van der Waals surface area contributed by atoms with Crippen LogP contribution in [0, 0.1) is 16.0 Å². The van der Waals surface area contributed by atoms with Crippen LogP contribution in [0.2, 0.25) is 10.0 Å². The molecule has 0 aromatic heterocycles. The van der Waals surface area contributed by atoms with Crippen molar-refractivity contribution in [2.45, 2.75) is 19.4 Å². The highest BCUT2D eigenvalue weighted by Crippen LogP contribution is 2.28. The summed E-state index contributed by atoms with van der Waals surface area (Å²) in [5.74, 6) is -0.391. The Morgan fingerprint density at radius 1 is 1.22 bits per heavy atom. The van der Waals surface area contributed by atoms with E-state index < -0.39 is 4.92 Å². The number of piperidine rings is 1. The number of carbonyl (C=O) groups excluding carboxylic acids is 1. The van der Waals surface area contributed by atoms with Crippen LogP contribution in [0.4, 0.5) is 11.4 Å². The maximum Gasteiger partial charge on any atom is 0.271 e. The van der Waals surface area contributed by atoms with Gasteiger partial charge in [-0.1, -0.05) is 41.4 Å². The lowest BCUT2D eigenvalue weighted by atomic mass is 9.96. The first-order valence-corrected chi connectivity index (χ1v) is 9.40. The molecule has 1 heterocycles. The van der Waals surface area contributed by atoms with E-state index >= 15 is 0 Å². The molecule has 1 amide bonds. The fourth-order valence-electron chi connectivity index (χ4n) is 3.24. The van der Waals surface area contributed by atoms with Gasteiger partial charge in [-0.2, -0.15) is 0 Å². The molecule has 1 atom stereocenters. The van der Waals surface area contributed by atoms with Crippen LogP contribution in [0.1, 0.15) is 18.4 Å². The van der Waals surface area contributed by atoms with Crippen LogP contribution >= 0.6 is 23.2 Å². The lowest BCUT2D eigenvalue weighted by Gasteiger charge is -2.32. The summed E-state index contributed by atoms with van der Waals surface area (Å²) in [4.78, 5) is 25.3. The normalized spacial score (nSPS) is 17.5. The second-order valence-corrected chi connectivity index (χ2v) is 7.39. The van der Waals surface area contributed by atoms with Gasteiger partial charge in [0.2, 0.25) is 5.91 Å². The van der Waals surface area contributed by atoms with Crippen molar-refractivity contribution in [3.63, 3.8) is 0 Å². The zero-order chi connectivity index (χ0) is 19.4. The molecule has 8 heteroatoms. The minimum Gasteiger partial charge on any atom is -0.324 e. The molecule has 0 spiro atoms. The number of non-ortho nitro benzene ring substituents is 1. The minimum atomic E-state index is -0.516. The van der Waals surface area contributed by atoms with Crippen LogP contribution in [-0.2, 0) is 11.3 Å². The summed E-state index contributed by atoms with van der Waals surface area (Å²) in [7, 11) is 0. The number of rotatable bonds is 5. The number of nitrogens with one attached hydrogen (secondary N) is 1. The monoisotopic (exact) mass is 407 g/mol. The van der Waals surface area contributed by atoms with Gasteiger partial charge in [0.15, 0.2) is 0 Å². The van der Waals surface area contributed by atoms with Crippen molar-refractivity contribution in [3.05, 3.63) is 68.2 Å². The lowest BCUT2D eigenvalue weighted by Crippen LogP contribution is -2.40. The van der Waals surface area contributed by atoms with Gasteiger partial charge in [-0.05, 0) is 37.1 Å². The smallest absolute Gasteiger partial charge is 0.271 e. The molecule has 27 heavy (non-hydrogen) atoms. The molecule has 2 aromatic rings. The summed E-state index contributed by atoms with van der Waals surface area (Å²) in [5.41, 5.74) is 1.18. The van der Waals surface area contributed by atoms with E-state index in [1.807, 2.05) is 24.3 Å². The van der Waals surface area contributed by atoms with Crippen molar-refractivity contribution < 1.29 is 9.72 Å². The number of hydrogen-bond donors (Lipinski definition) is 1. The molecular formula is C19H19Cl2N3O3. The van der Waals surface area contributed by atoms with E-state index in [2.05, 4.69) is 10.2 Å². The van der Waals surface area contributed by atoms with Crippen molar-refractivity contribution in [2.75, 3.05) is 18.4 Å². The van der Waals surface area contributed by atoms with E-state index in [-0.39, 0.29) is 28.2 Å². The summed E-state index contributed by atoms with van der Waals surface area (Å²) in [6.45, 7) is 2.18. The van der Waals surface area contributed by atoms with E-state index in [0.717, 1.165) is 24.9 Å². The number of nitro groups is 1. The molecule has 0 aliphatic carbocycles. The zero-order valence-electron chi connectivity index (χ0n) is 14.5. The Bertz CT molecular complexity index is 860. The third-order valence-electron chi connectivity index (χ3n) is 4.65. The largest absolute Gasteiger partial charge is 0.324 e. The average Bonchev–Trinajstić information content (AvgIpc) is 2.65. The third kappa shape index (κ3) is 4.97. The number of halogens is 2. The van der Waals surface area contributed by atoms with Gasteiger partial charge < -0.3 is 5.32 Å². The lowest BCUT2D eigenvalue weighted by molar-refractivity contribution is -0.384. The van der Waals surface area contributed by atoms with Crippen LogP contribution in [-0.4, -0.2) is 28.8 Å². The molecule has 1 aliphatic rings. The van der Waals surface area contributed by atoms with Gasteiger partial charge in [0.05, 0.1) is 21.6 Å². The van der Waals surface area contributed by atoms with Gasteiger partial charge in [0.25, 0.3) is 5.69 Å². The Morgan fingerprint density at radius 3 is 2.74 bits per heavy atom. The van der Waals surface area contributed by atoms with Crippen molar-refractivity contribution in [3.8, 4) is 0 Å². The maximum atomic E-state index is 12.7. The molecule has 1 fully saturated rings. The van der Waals surface area contributed by atoms with Crippen LogP contribution < -0.4 is 5.32 Å². The Balaban J connectivity index is 1.66. The number of amides is 1. The Labute approximate surface area is 167 Å². The molecule has 1 N–H and O–H groups in total. The van der Waals surface area contributed by atoms with Gasteiger partial charge >= 0.3 is 0 Å². The van der Waals surface area contributed by atoms with E-state index in [1.165, 1.54) is 18.2 Å². The Kier molecular flexibility index (Phi) is 6.31. The standard InChI is InChI=1S/C19H19Cl2N3O3/c20-16-6-2-1-4-13(16)11-23-9-3-5-14(12-23)19(25)22-18-10-15(24(26)27)7-8-17(18)21/h1-2,4,6-8,10,14H,3,5,9,11-12H2,(H,22,25)/t14-/m0/s1. The summed E-state index contributed by atoms with van der Waals surface area (Å²) in [6.07, 6.45) is 1.66. The first kappa shape index (κ1) is 19.6. The Hall–Kier alpha value is -2.15. The van der Waals surface area contributed by atoms with Crippen LogP contribution in [0.3, 0.4) is 0 Å². The summed E-state index contributed by atoms with van der Waals surface area (Å²) < 4.78 is 0.